The zero-order valence-corrected chi connectivity index (χ0v) is 14.8. The fourth-order valence-corrected chi connectivity index (χ4v) is 3.59. The number of nitrogens with zero attached hydrogens (tertiary/aromatic N) is 2. The van der Waals surface area contributed by atoms with Gasteiger partial charge in [-0.3, -0.25) is 14.2 Å². The lowest BCUT2D eigenvalue weighted by atomic mass is 10.2. The summed E-state index contributed by atoms with van der Waals surface area (Å²) in [5, 5.41) is 4.28. The summed E-state index contributed by atoms with van der Waals surface area (Å²) >= 11 is 0. The molecule has 3 N–H and O–H groups in total. The van der Waals surface area contributed by atoms with Gasteiger partial charge < -0.3 is 10.5 Å². The van der Waals surface area contributed by atoms with Gasteiger partial charge in [0.2, 0.25) is 0 Å². The molecule has 0 aliphatic rings. The third kappa shape index (κ3) is 3.21. The third-order valence-electron chi connectivity index (χ3n) is 3.66. The highest BCUT2D eigenvalue weighted by Gasteiger charge is 2.22. The zero-order chi connectivity index (χ0) is 18.1. The van der Waals surface area contributed by atoms with Crippen LogP contribution in [-0.2, 0) is 16.6 Å². The van der Waals surface area contributed by atoms with Crippen LogP contribution in [0.25, 0.3) is 0 Å². The van der Waals surface area contributed by atoms with E-state index in [1.54, 1.807) is 18.5 Å². The summed E-state index contributed by atoms with van der Waals surface area (Å²) in [5.41, 5.74) is 6.98. The van der Waals surface area contributed by atoms with Gasteiger partial charge in [0.05, 0.1) is 34.6 Å². The van der Waals surface area contributed by atoms with Crippen molar-refractivity contribution in [2.75, 3.05) is 11.8 Å². The maximum absolute atomic E-state index is 12.6. The minimum Gasteiger partial charge on any atom is -0.496 e. The van der Waals surface area contributed by atoms with Crippen molar-refractivity contribution in [1.29, 1.82) is 0 Å². The van der Waals surface area contributed by atoms with Crippen LogP contribution in [0.3, 0.4) is 0 Å². The molecule has 0 spiro atoms. The molecule has 0 saturated heterocycles. The monoisotopic (exact) mass is 352 g/mol. The van der Waals surface area contributed by atoms with Gasteiger partial charge in [-0.1, -0.05) is 0 Å². The topological polar surface area (TPSA) is 116 Å². The minimum atomic E-state index is -3.90. The number of nitrogens with two attached hydrogens (primary N) is 1. The van der Waals surface area contributed by atoms with Crippen LogP contribution in [0, 0.1) is 13.8 Å². The Morgan fingerprint density at radius 3 is 2.54 bits per heavy atom. The number of aryl methyl sites for hydroxylation is 2. The van der Waals surface area contributed by atoms with Gasteiger partial charge in [0, 0.05) is 6.54 Å². The van der Waals surface area contributed by atoms with Crippen LogP contribution >= 0.6 is 0 Å². The number of ether oxygens (including phenoxy) is 1. The van der Waals surface area contributed by atoms with Crippen LogP contribution in [0.5, 0.6) is 5.75 Å². The van der Waals surface area contributed by atoms with Crippen molar-refractivity contribution in [3.8, 4) is 5.75 Å². The molecular formula is C15H20N4O4S. The number of carbonyl (C=O) groups is 1. The maximum atomic E-state index is 12.6. The first kappa shape index (κ1) is 17.8. The number of carbonyl (C=O) groups excluding carboxylic acids is 1. The lowest BCUT2D eigenvalue weighted by molar-refractivity contribution is 0.0997. The Balaban J connectivity index is 2.47. The van der Waals surface area contributed by atoms with E-state index in [0.717, 1.165) is 0 Å². The molecular weight excluding hydrogens is 332 g/mol. The average molecular weight is 352 g/mol. The molecule has 1 heterocycles. The molecule has 8 nitrogen and oxygen atoms in total. The van der Waals surface area contributed by atoms with E-state index < -0.39 is 15.9 Å². The lowest BCUT2D eigenvalue weighted by Crippen LogP contribution is -2.17. The molecule has 130 valence electrons. The molecule has 0 aliphatic heterocycles. The molecule has 1 aromatic carbocycles. The molecule has 0 saturated carbocycles. The van der Waals surface area contributed by atoms with Crippen molar-refractivity contribution < 1.29 is 17.9 Å². The fraction of sp³-hybridized carbons (Fsp3) is 0.333. The van der Waals surface area contributed by atoms with Crippen LogP contribution in [0.1, 0.15) is 28.7 Å². The Kier molecular flexibility index (Phi) is 4.83. The largest absolute Gasteiger partial charge is 0.496 e. The number of aromatic nitrogens is 2. The van der Waals surface area contributed by atoms with Crippen molar-refractivity contribution in [1.82, 2.24) is 9.78 Å². The number of anilines is 1. The highest BCUT2D eigenvalue weighted by molar-refractivity contribution is 7.92. The zero-order valence-electron chi connectivity index (χ0n) is 14.0. The number of benzene rings is 1. The maximum Gasteiger partial charge on any atom is 0.262 e. The Labute approximate surface area is 140 Å². The molecule has 2 rings (SSSR count). The molecule has 0 fully saturated rings. The number of rotatable bonds is 6. The Hall–Kier alpha value is -2.55. The minimum absolute atomic E-state index is 0.00178. The molecule has 0 radical (unpaired) electrons. The van der Waals surface area contributed by atoms with Gasteiger partial charge in [-0.2, -0.15) is 5.10 Å². The van der Waals surface area contributed by atoms with Gasteiger partial charge >= 0.3 is 0 Å². The quantitative estimate of drug-likeness (QED) is 0.816. The van der Waals surface area contributed by atoms with Gasteiger partial charge in [0.1, 0.15) is 5.75 Å². The summed E-state index contributed by atoms with van der Waals surface area (Å²) in [4.78, 5) is 11.4. The normalized spacial score (nSPS) is 11.3. The Morgan fingerprint density at radius 1 is 1.38 bits per heavy atom. The summed E-state index contributed by atoms with van der Waals surface area (Å²) in [7, 11) is -2.53. The molecule has 0 bridgehead atoms. The van der Waals surface area contributed by atoms with E-state index in [4.69, 9.17) is 10.5 Å². The third-order valence-corrected chi connectivity index (χ3v) is 5.01. The van der Waals surface area contributed by atoms with E-state index in [1.807, 2.05) is 6.92 Å². The second-order valence-electron chi connectivity index (χ2n) is 5.19. The highest BCUT2D eigenvalue weighted by Crippen LogP contribution is 2.26. The summed E-state index contributed by atoms with van der Waals surface area (Å²) < 4.78 is 34.5. The van der Waals surface area contributed by atoms with Crippen molar-refractivity contribution in [2.45, 2.75) is 32.2 Å². The molecule has 0 aliphatic carbocycles. The second kappa shape index (κ2) is 6.52. The van der Waals surface area contributed by atoms with E-state index >= 15 is 0 Å². The second-order valence-corrected chi connectivity index (χ2v) is 6.88. The number of primary amides is 1. The summed E-state index contributed by atoms with van der Waals surface area (Å²) in [6.07, 6.45) is 0. The molecule has 1 amide bonds. The molecule has 2 aromatic rings. The number of methoxy groups -OCH3 is 1. The number of amides is 1. The average Bonchev–Trinajstić information content (AvgIpc) is 2.81. The Morgan fingerprint density at radius 2 is 2.04 bits per heavy atom. The highest BCUT2D eigenvalue weighted by atomic mass is 32.2. The SMILES string of the molecule is CCn1nc(C)c(NS(=O)(=O)c2ccc(OC)c(C(N)=O)c2)c1C. The molecule has 0 atom stereocenters. The van der Waals surface area contributed by atoms with Gasteiger partial charge in [-0.15, -0.1) is 0 Å². The van der Waals surface area contributed by atoms with Gasteiger partial charge in [-0.25, -0.2) is 8.42 Å². The van der Waals surface area contributed by atoms with Crippen LogP contribution in [0.15, 0.2) is 23.1 Å². The van der Waals surface area contributed by atoms with E-state index in [0.29, 0.717) is 23.6 Å². The van der Waals surface area contributed by atoms with Crippen LogP contribution < -0.4 is 15.2 Å². The van der Waals surface area contributed by atoms with Crippen molar-refractivity contribution in [3.05, 3.63) is 35.2 Å². The van der Waals surface area contributed by atoms with Crippen LogP contribution in [-0.4, -0.2) is 31.2 Å². The Bertz CT molecular complexity index is 887. The summed E-state index contributed by atoms with van der Waals surface area (Å²) in [6.45, 7) is 6.05. The molecule has 24 heavy (non-hydrogen) atoms. The van der Waals surface area contributed by atoms with Crippen molar-refractivity contribution in [3.63, 3.8) is 0 Å². The number of hydrogen-bond donors (Lipinski definition) is 2. The first-order valence-corrected chi connectivity index (χ1v) is 8.74. The predicted molar refractivity (Wildman–Crippen MR) is 89.7 cm³/mol. The van der Waals surface area contributed by atoms with Crippen LogP contribution in [0.4, 0.5) is 5.69 Å². The number of sulfonamides is 1. The standard InChI is InChI=1S/C15H20N4O4S/c1-5-19-10(3)14(9(2)17-19)18-24(21,22)11-6-7-13(23-4)12(8-11)15(16)20/h6-8,18H,5H2,1-4H3,(H2,16,20). The first-order valence-electron chi connectivity index (χ1n) is 7.26. The van der Waals surface area contributed by atoms with E-state index in [1.165, 1.54) is 25.3 Å². The van der Waals surface area contributed by atoms with E-state index in [-0.39, 0.29) is 16.2 Å². The van der Waals surface area contributed by atoms with Crippen molar-refractivity contribution in [2.24, 2.45) is 5.73 Å². The fourth-order valence-electron chi connectivity index (χ4n) is 2.39. The lowest BCUT2D eigenvalue weighted by Gasteiger charge is -2.11. The van der Waals surface area contributed by atoms with E-state index in [2.05, 4.69) is 9.82 Å². The smallest absolute Gasteiger partial charge is 0.262 e. The van der Waals surface area contributed by atoms with Gasteiger partial charge in [0.15, 0.2) is 0 Å². The summed E-state index contributed by atoms with van der Waals surface area (Å²) in [6, 6.07) is 3.94. The van der Waals surface area contributed by atoms with Crippen LogP contribution in [0.2, 0.25) is 0 Å². The predicted octanol–water partition coefficient (Wildman–Crippen LogP) is 1.43. The van der Waals surface area contributed by atoms with E-state index in [9.17, 15) is 13.2 Å². The summed E-state index contributed by atoms with van der Waals surface area (Å²) in [5.74, 6) is -0.553. The van der Waals surface area contributed by atoms with Gasteiger partial charge in [-0.05, 0) is 39.0 Å². The van der Waals surface area contributed by atoms with Gasteiger partial charge in [0.25, 0.3) is 15.9 Å². The molecule has 1 aromatic heterocycles. The van der Waals surface area contributed by atoms with Crippen molar-refractivity contribution >= 4 is 21.6 Å². The first-order chi connectivity index (χ1) is 11.2. The number of hydrogen-bond acceptors (Lipinski definition) is 5. The molecule has 0 unspecified atom stereocenters. The molecule has 9 heteroatoms. The number of nitrogens with one attached hydrogen (secondary N) is 1.